The highest BCUT2D eigenvalue weighted by molar-refractivity contribution is 8.13. The van der Waals surface area contributed by atoms with Crippen LogP contribution in [0, 0.1) is 5.82 Å². The maximum absolute atomic E-state index is 14.0. The summed E-state index contributed by atoms with van der Waals surface area (Å²) < 4.78 is 62.3. The molecular weight excluding hydrogens is 341 g/mol. The molecule has 0 bridgehead atoms. The number of benzene rings is 1. The second-order valence-electron chi connectivity index (χ2n) is 4.50. The lowest BCUT2D eigenvalue weighted by molar-refractivity contribution is 0.340. The zero-order valence-corrected chi connectivity index (χ0v) is 14.3. The molecule has 0 aliphatic rings. The van der Waals surface area contributed by atoms with Crippen LogP contribution in [0.25, 0.3) is 0 Å². The Morgan fingerprint density at radius 3 is 2.19 bits per heavy atom. The van der Waals surface area contributed by atoms with Gasteiger partial charge in [-0.2, -0.15) is 4.31 Å². The van der Waals surface area contributed by atoms with E-state index in [0.29, 0.717) is 12.5 Å². The Morgan fingerprint density at radius 1 is 1.24 bits per heavy atom. The van der Waals surface area contributed by atoms with Crippen LogP contribution in [0.4, 0.5) is 4.39 Å². The average molecular weight is 358 g/mol. The van der Waals surface area contributed by atoms with Gasteiger partial charge >= 0.3 is 0 Å². The molecule has 1 aromatic carbocycles. The standard InChI is InChI=1S/C12H17ClFNO4S2/c1-4-9(3)15(5-2)21(18,19)12-7-6-10(8-11(12)14)20(13,16)17/h6-9H,4-5H2,1-3H3. The molecule has 0 spiro atoms. The minimum absolute atomic E-state index is 0.187. The highest BCUT2D eigenvalue weighted by atomic mass is 35.7. The van der Waals surface area contributed by atoms with E-state index in [1.165, 1.54) is 4.31 Å². The van der Waals surface area contributed by atoms with Crippen molar-refractivity contribution in [2.45, 2.75) is 43.0 Å². The lowest BCUT2D eigenvalue weighted by atomic mass is 10.3. The van der Waals surface area contributed by atoms with Crippen molar-refractivity contribution in [2.24, 2.45) is 0 Å². The SMILES string of the molecule is CCC(C)N(CC)S(=O)(=O)c1ccc(S(=O)(=O)Cl)cc1F. The van der Waals surface area contributed by atoms with Gasteiger partial charge in [0.2, 0.25) is 10.0 Å². The fraction of sp³-hybridized carbons (Fsp3) is 0.500. The van der Waals surface area contributed by atoms with Crippen LogP contribution in [0.1, 0.15) is 27.2 Å². The summed E-state index contributed by atoms with van der Waals surface area (Å²) in [6, 6.07) is 2.21. The third-order valence-corrected chi connectivity index (χ3v) is 6.64. The fourth-order valence-electron chi connectivity index (χ4n) is 1.89. The first-order valence-electron chi connectivity index (χ1n) is 6.31. The van der Waals surface area contributed by atoms with E-state index in [1.807, 2.05) is 6.92 Å². The lowest BCUT2D eigenvalue weighted by Gasteiger charge is -2.26. The molecule has 0 fully saturated rings. The van der Waals surface area contributed by atoms with E-state index in [2.05, 4.69) is 0 Å². The van der Waals surface area contributed by atoms with Gasteiger partial charge in [0.15, 0.2) is 0 Å². The summed E-state index contributed by atoms with van der Waals surface area (Å²) >= 11 is 0. The molecule has 0 aromatic heterocycles. The molecule has 1 aromatic rings. The summed E-state index contributed by atoms with van der Waals surface area (Å²) in [5, 5.41) is 0. The molecule has 0 amide bonds. The van der Waals surface area contributed by atoms with Crippen LogP contribution in [-0.4, -0.2) is 33.7 Å². The van der Waals surface area contributed by atoms with Crippen LogP contribution in [-0.2, 0) is 19.1 Å². The Hall–Kier alpha value is -0.700. The van der Waals surface area contributed by atoms with Gasteiger partial charge in [-0.25, -0.2) is 21.2 Å². The predicted octanol–water partition coefficient (Wildman–Crippen LogP) is 2.56. The summed E-state index contributed by atoms with van der Waals surface area (Å²) in [6.07, 6.45) is 0.572. The zero-order valence-electron chi connectivity index (χ0n) is 11.9. The first-order chi connectivity index (χ1) is 9.55. The first kappa shape index (κ1) is 18.3. The molecule has 0 radical (unpaired) electrons. The summed E-state index contributed by atoms with van der Waals surface area (Å²) in [5.74, 6) is -1.14. The van der Waals surface area contributed by atoms with E-state index >= 15 is 0 Å². The van der Waals surface area contributed by atoms with Gasteiger partial charge in [-0.1, -0.05) is 13.8 Å². The number of hydrogen-bond acceptors (Lipinski definition) is 4. The molecular formula is C12H17ClFNO4S2. The summed E-state index contributed by atoms with van der Waals surface area (Å²) in [4.78, 5) is -1.04. The van der Waals surface area contributed by atoms with Gasteiger partial charge in [-0.15, -0.1) is 0 Å². The number of nitrogens with zero attached hydrogens (tertiary/aromatic N) is 1. The Kier molecular flexibility index (Phi) is 5.76. The highest BCUT2D eigenvalue weighted by Gasteiger charge is 2.30. The Balaban J connectivity index is 3.39. The molecule has 1 atom stereocenters. The van der Waals surface area contributed by atoms with E-state index in [4.69, 9.17) is 10.7 Å². The van der Waals surface area contributed by atoms with Gasteiger partial charge in [0.25, 0.3) is 9.05 Å². The largest absolute Gasteiger partial charge is 0.261 e. The second-order valence-corrected chi connectivity index (χ2v) is 8.92. The van der Waals surface area contributed by atoms with Gasteiger partial charge < -0.3 is 0 Å². The topological polar surface area (TPSA) is 71.5 Å². The van der Waals surface area contributed by atoms with E-state index < -0.39 is 34.7 Å². The first-order valence-corrected chi connectivity index (χ1v) is 10.1. The van der Waals surface area contributed by atoms with E-state index in [0.717, 1.165) is 12.1 Å². The molecule has 0 aliphatic carbocycles. The molecule has 120 valence electrons. The van der Waals surface area contributed by atoms with Crippen molar-refractivity contribution in [2.75, 3.05) is 6.54 Å². The third kappa shape index (κ3) is 3.94. The van der Waals surface area contributed by atoms with Crippen molar-refractivity contribution in [3.8, 4) is 0 Å². The van der Waals surface area contributed by atoms with Crippen molar-refractivity contribution in [1.82, 2.24) is 4.31 Å². The minimum Gasteiger partial charge on any atom is -0.207 e. The number of hydrogen-bond donors (Lipinski definition) is 0. The van der Waals surface area contributed by atoms with E-state index in [1.54, 1.807) is 13.8 Å². The smallest absolute Gasteiger partial charge is 0.207 e. The molecule has 9 heteroatoms. The Labute approximate surface area is 129 Å². The maximum atomic E-state index is 14.0. The molecule has 0 saturated heterocycles. The van der Waals surface area contributed by atoms with Gasteiger partial charge in [0.05, 0.1) is 4.90 Å². The van der Waals surface area contributed by atoms with Crippen LogP contribution in [0.3, 0.4) is 0 Å². The number of rotatable bonds is 6. The van der Waals surface area contributed by atoms with Crippen LogP contribution >= 0.6 is 10.7 Å². The zero-order chi connectivity index (χ0) is 16.4. The monoisotopic (exact) mass is 357 g/mol. The molecule has 21 heavy (non-hydrogen) atoms. The molecule has 0 saturated carbocycles. The summed E-state index contributed by atoms with van der Waals surface area (Å²) in [5.41, 5.74) is 0. The number of sulfonamides is 1. The van der Waals surface area contributed by atoms with Crippen molar-refractivity contribution < 1.29 is 21.2 Å². The van der Waals surface area contributed by atoms with Crippen LogP contribution in [0.2, 0.25) is 0 Å². The Morgan fingerprint density at radius 2 is 1.81 bits per heavy atom. The second kappa shape index (κ2) is 6.60. The molecule has 1 unspecified atom stereocenters. The van der Waals surface area contributed by atoms with Gasteiger partial charge in [-0.3, -0.25) is 0 Å². The molecule has 0 aliphatic heterocycles. The normalized spacial score (nSPS) is 14.4. The predicted molar refractivity (Wildman–Crippen MR) is 78.8 cm³/mol. The quantitative estimate of drug-likeness (QED) is 0.733. The van der Waals surface area contributed by atoms with E-state index in [9.17, 15) is 21.2 Å². The number of halogens is 2. The maximum Gasteiger partial charge on any atom is 0.261 e. The lowest BCUT2D eigenvalue weighted by Crippen LogP contribution is -2.38. The van der Waals surface area contributed by atoms with Gasteiger partial charge in [0.1, 0.15) is 10.7 Å². The Bertz CT molecular complexity index is 719. The summed E-state index contributed by atoms with van der Waals surface area (Å²) in [7, 11) is -3.04. The molecule has 0 heterocycles. The minimum atomic E-state index is -4.11. The third-order valence-electron chi connectivity index (χ3n) is 3.17. The fourth-order valence-corrected chi connectivity index (χ4v) is 4.41. The van der Waals surface area contributed by atoms with Crippen molar-refractivity contribution in [3.05, 3.63) is 24.0 Å². The molecule has 1 rings (SSSR count). The highest BCUT2D eigenvalue weighted by Crippen LogP contribution is 2.25. The van der Waals surface area contributed by atoms with Crippen molar-refractivity contribution in [3.63, 3.8) is 0 Å². The average Bonchev–Trinajstić information content (AvgIpc) is 2.37. The van der Waals surface area contributed by atoms with Crippen LogP contribution < -0.4 is 0 Å². The van der Waals surface area contributed by atoms with Gasteiger partial charge in [0, 0.05) is 23.3 Å². The van der Waals surface area contributed by atoms with Crippen molar-refractivity contribution >= 4 is 29.8 Å². The van der Waals surface area contributed by atoms with Crippen LogP contribution in [0.15, 0.2) is 28.0 Å². The molecule has 0 N–H and O–H groups in total. The van der Waals surface area contributed by atoms with Gasteiger partial charge in [-0.05, 0) is 31.5 Å². The van der Waals surface area contributed by atoms with Crippen LogP contribution in [0.5, 0.6) is 0 Å². The van der Waals surface area contributed by atoms with E-state index in [-0.39, 0.29) is 12.6 Å². The van der Waals surface area contributed by atoms with Crippen molar-refractivity contribution in [1.29, 1.82) is 0 Å². The molecule has 5 nitrogen and oxygen atoms in total. The summed E-state index contributed by atoms with van der Waals surface area (Å²) in [6.45, 7) is 5.38.